The van der Waals surface area contributed by atoms with E-state index in [4.69, 9.17) is 0 Å². The largest absolute Gasteiger partial charge is 0.417 e. The van der Waals surface area contributed by atoms with E-state index in [-0.39, 0.29) is 12.3 Å². The van der Waals surface area contributed by atoms with Crippen molar-refractivity contribution in [2.75, 3.05) is 0 Å². The Kier molecular flexibility index (Phi) is 3.17. The van der Waals surface area contributed by atoms with Crippen LogP contribution in [0.3, 0.4) is 0 Å². The van der Waals surface area contributed by atoms with E-state index in [1.54, 1.807) is 12.1 Å². The first-order chi connectivity index (χ1) is 9.74. The molecule has 2 fully saturated rings. The Labute approximate surface area is 121 Å². The van der Waals surface area contributed by atoms with Gasteiger partial charge in [-0.3, -0.25) is 4.79 Å². The highest BCUT2D eigenvalue weighted by atomic mass is 19.4. The van der Waals surface area contributed by atoms with Crippen LogP contribution in [0.15, 0.2) is 24.3 Å². The maximum Gasteiger partial charge on any atom is 0.417 e. The number of ketones is 1. The van der Waals surface area contributed by atoms with Crippen LogP contribution in [0.1, 0.15) is 36.3 Å². The van der Waals surface area contributed by atoms with Crippen molar-refractivity contribution in [2.24, 2.45) is 11.8 Å². The second kappa shape index (κ2) is 4.57. The van der Waals surface area contributed by atoms with Gasteiger partial charge in [0.05, 0.1) is 5.92 Å². The van der Waals surface area contributed by atoms with Gasteiger partial charge in [-0.05, 0) is 37.7 Å². The zero-order valence-electron chi connectivity index (χ0n) is 11.7. The summed E-state index contributed by atoms with van der Waals surface area (Å²) in [5, 5.41) is 10.2. The smallest absolute Gasteiger partial charge is 0.380 e. The van der Waals surface area contributed by atoms with Crippen LogP contribution in [0.25, 0.3) is 0 Å². The van der Waals surface area contributed by atoms with Crippen LogP contribution in [0.4, 0.5) is 13.2 Å². The van der Waals surface area contributed by atoms with Gasteiger partial charge in [-0.15, -0.1) is 0 Å². The quantitative estimate of drug-likeness (QED) is 0.863. The standard InChI is InChI=1S/C16H17F3O2/c1-9-2-4-10(5-3-9)12-8-15(21,16(17,18)19)13-7-6-11(12)14(13)20/h2-5,11-13,21H,6-8H2,1H3/t11-,12-,13-,15-/m0/s1. The molecule has 4 atom stereocenters. The average molecular weight is 298 g/mol. The predicted molar refractivity (Wildman–Crippen MR) is 70.8 cm³/mol. The molecule has 0 amide bonds. The fraction of sp³-hybridized carbons (Fsp3) is 0.562. The Hall–Kier alpha value is -1.36. The highest BCUT2D eigenvalue weighted by Crippen LogP contribution is 2.56. The second-order valence-corrected chi connectivity index (χ2v) is 6.28. The topological polar surface area (TPSA) is 37.3 Å². The van der Waals surface area contributed by atoms with Gasteiger partial charge in [0, 0.05) is 5.92 Å². The number of alkyl halides is 3. The minimum Gasteiger partial charge on any atom is -0.380 e. The summed E-state index contributed by atoms with van der Waals surface area (Å²) in [6, 6.07) is 7.19. The van der Waals surface area contributed by atoms with Crippen molar-refractivity contribution in [1.29, 1.82) is 0 Å². The zero-order chi connectivity index (χ0) is 15.4. The van der Waals surface area contributed by atoms with Gasteiger partial charge < -0.3 is 5.11 Å². The Morgan fingerprint density at radius 2 is 1.76 bits per heavy atom. The van der Waals surface area contributed by atoms with Crippen molar-refractivity contribution in [3.05, 3.63) is 35.4 Å². The van der Waals surface area contributed by atoms with Crippen LogP contribution in [-0.4, -0.2) is 22.7 Å². The summed E-state index contributed by atoms with van der Waals surface area (Å²) < 4.78 is 39.9. The first-order valence-electron chi connectivity index (χ1n) is 7.13. The molecule has 0 aliphatic heterocycles. The Bertz CT molecular complexity index is 564. The van der Waals surface area contributed by atoms with Crippen LogP contribution in [0.5, 0.6) is 0 Å². The minimum absolute atomic E-state index is 0.127. The van der Waals surface area contributed by atoms with E-state index in [0.29, 0.717) is 12.0 Å². The maximum atomic E-state index is 13.3. The minimum atomic E-state index is -4.77. The summed E-state index contributed by atoms with van der Waals surface area (Å²) in [7, 11) is 0. The van der Waals surface area contributed by atoms with E-state index in [9.17, 15) is 23.1 Å². The Morgan fingerprint density at radius 3 is 2.33 bits per heavy atom. The van der Waals surface area contributed by atoms with Crippen LogP contribution in [-0.2, 0) is 4.79 Å². The molecule has 2 nitrogen and oxygen atoms in total. The van der Waals surface area contributed by atoms with Gasteiger partial charge in [-0.1, -0.05) is 29.8 Å². The van der Waals surface area contributed by atoms with Crippen molar-refractivity contribution in [1.82, 2.24) is 0 Å². The summed E-state index contributed by atoms with van der Waals surface area (Å²) in [6.07, 6.45) is -4.63. The SMILES string of the molecule is Cc1ccc([C@@H]2C[C@@](O)(C(F)(F)F)[C@H]3CC[C@@H]2C3=O)cc1. The molecular weight excluding hydrogens is 281 g/mol. The summed E-state index contributed by atoms with van der Waals surface area (Å²) in [4.78, 5) is 12.2. The number of hydrogen-bond donors (Lipinski definition) is 1. The molecule has 0 heterocycles. The molecule has 1 aromatic rings. The molecule has 1 N–H and O–H groups in total. The van der Waals surface area contributed by atoms with Gasteiger partial charge in [0.2, 0.25) is 0 Å². The maximum absolute atomic E-state index is 13.3. The molecule has 0 saturated heterocycles. The van der Waals surface area contributed by atoms with Gasteiger partial charge in [0.15, 0.2) is 5.60 Å². The van der Waals surface area contributed by atoms with E-state index in [2.05, 4.69) is 0 Å². The van der Waals surface area contributed by atoms with E-state index in [0.717, 1.165) is 5.56 Å². The van der Waals surface area contributed by atoms with E-state index in [1.807, 2.05) is 19.1 Å². The molecule has 1 aromatic carbocycles. The predicted octanol–water partition coefficient (Wildman–Crippen LogP) is 3.37. The third kappa shape index (κ3) is 2.09. The summed E-state index contributed by atoms with van der Waals surface area (Å²) >= 11 is 0. The highest BCUT2D eigenvalue weighted by Gasteiger charge is 2.67. The molecule has 0 aromatic heterocycles. The van der Waals surface area contributed by atoms with Crippen molar-refractivity contribution < 1.29 is 23.1 Å². The van der Waals surface area contributed by atoms with Gasteiger partial charge in [0.25, 0.3) is 0 Å². The Balaban J connectivity index is 2.02. The number of halogens is 3. The van der Waals surface area contributed by atoms with E-state index >= 15 is 0 Å². The fourth-order valence-corrected chi connectivity index (χ4v) is 3.86. The molecule has 2 aliphatic carbocycles. The normalized spacial score (nSPS) is 36.0. The molecule has 2 aliphatic rings. The zero-order valence-corrected chi connectivity index (χ0v) is 11.7. The molecule has 0 radical (unpaired) electrons. The van der Waals surface area contributed by atoms with Gasteiger partial charge in [-0.2, -0.15) is 13.2 Å². The third-order valence-electron chi connectivity index (χ3n) is 5.06. The number of rotatable bonds is 1. The lowest BCUT2D eigenvalue weighted by Crippen LogP contribution is -2.57. The van der Waals surface area contributed by atoms with Crippen LogP contribution >= 0.6 is 0 Å². The van der Waals surface area contributed by atoms with E-state index < -0.39 is 35.8 Å². The number of carbonyl (C=O) groups excluding carboxylic acids is 1. The monoisotopic (exact) mass is 298 g/mol. The molecule has 5 heteroatoms. The van der Waals surface area contributed by atoms with Crippen LogP contribution in [0.2, 0.25) is 0 Å². The molecule has 0 unspecified atom stereocenters. The lowest BCUT2D eigenvalue weighted by Gasteiger charge is -2.42. The van der Waals surface area contributed by atoms with Crippen molar-refractivity contribution in [3.8, 4) is 0 Å². The van der Waals surface area contributed by atoms with E-state index in [1.165, 1.54) is 0 Å². The number of carbonyl (C=O) groups is 1. The third-order valence-corrected chi connectivity index (χ3v) is 5.06. The molecule has 2 bridgehead atoms. The molecule has 21 heavy (non-hydrogen) atoms. The van der Waals surface area contributed by atoms with Crippen LogP contribution in [0, 0.1) is 18.8 Å². The Morgan fingerprint density at radius 1 is 1.14 bits per heavy atom. The number of Topliss-reactive ketones (excluding diaryl/α,β-unsaturated/α-hetero) is 1. The van der Waals surface area contributed by atoms with Crippen molar-refractivity contribution >= 4 is 5.78 Å². The number of benzene rings is 1. The van der Waals surface area contributed by atoms with Gasteiger partial charge in [0.1, 0.15) is 5.78 Å². The van der Waals surface area contributed by atoms with Crippen LogP contribution < -0.4 is 0 Å². The number of aryl methyl sites for hydroxylation is 1. The lowest BCUT2D eigenvalue weighted by molar-refractivity contribution is -0.282. The molecule has 0 spiro atoms. The van der Waals surface area contributed by atoms with Gasteiger partial charge in [-0.25, -0.2) is 0 Å². The summed E-state index contributed by atoms with van der Waals surface area (Å²) in [5.41, 5.74) is -1.16. The van der Waals surface area contributed by atoms with Crippen molar-refractivity contribution in [2.45, 2.75) is 43.9 Å². The number of aliphatic hydroxyl groups is 1. The average Bonchev–Trinajstić information content (AvgIpc) is 2.68. The first-order valence-corrected chi connectivity index (χ1v) is 7.13. The first kappa shape index (κ1) is 14.6. The lowest BCUT2D eigenvalue weighted by atomic mass is 9.67. The molecular formula is C16H17F3O2. The fourth-order valence-electron chi connectivity index (χ4n) is 3.86. The van der Waals surface area contributed by atoms with Gasteiger partial charge >= 0.3 is 6.18 Å². The number of fused-ring (bicyclic) bond motifs is 2. The molecule has 3 rings (SSSR count). The molecule has 114 valence electrons. The second-order valence-electron chi connectivity index (χ2n) is 6.28. The summed E-state index contributed by atoms with van der Waals surface area (Å²) in [5.74, 6) is -2.65. The van der Waals surface area contributed by atoms with Crippen molar-refractivity contribution in [3.63, 3.8) is 0 Å². The number of hydrogen-bond acceptors (Lipinski definition) is 2. The molecule has 2 saturated carbocycles. The highest BCUT2D eigenvalue weighted by molar-refractivity contribution is 5.88. The summed E-state index contributed by atoms with van der Waals surface area (Å²) in [6.45, 7) is 1.90.